The van der Waals surface area contributed by atoms with Crippen LogP contribution in [-0.4, -0.2) is 43.0 Å². The Balaban J connectivity index is 1.48. The number of amidine groups is 1. The second-order valence-electron chi connectivity index (χ2n) is 8.03. The quantitative estimate of drug-likeness (QED) is 0.554. The minimum Gasteiger partial charge on any atom is -0.315 e. The summed E-state index contributed by atoms with van der Waals surface area (Å²) in [5.74, 6) is 0.886. The predicted octanol–water partition coefficient (Wildman–Crippen LogP) is 4.32. The van der Waals surface area contributed by atoms with Crippen molar-refractivity contribution < 1.29 is 13.2 Å². The first kappa shape index (κ1) is 20.3. The van der Waals surface area contributed by atoms with E-state index in [-0.39, 0.29) is 29.4 Å². The minimum absolute atomic E-state index is 0.0152. The number of nitrogens with zero attached hydrogens (tertiary/aromatic N) is 2. The molecule has 0 aromatic heterocycles. The van der Waals surface area contributed by atoms with Crippen molar-refractivity contribution in [2.75, 3.05) is 16.4 Å². The van der Waals surface area contributed by atoms with Crippen molar-refractivity contribution in [2.24, 2.45) is 4.99 Å². The number of aliphatic imine (C=N–C) groups is 1. The topological polar surface area (TPSA) is 66.8 Å². The highest BCUT2D eigenvalue weighted by Gasteiger charge is 2.47. The summed E-state index contributed by atoms with van der Waals surface area (Å²) in [6.07, 6.45) is 0. The van der Waals surface area contributed by atoms with E-state index in [9.17, 15) is 13.2 Å². The molecule has 3 aromatic carbocycles. The predicted molar refractivity (Wildman–Crippen MR) is 128 cm³/mol. The first-order valence-electron chi connectivity index (χ1n) is 10.2. The van der Waals surface area contributed by atoms with E-state index in [1.54, 1.807) is 17.8 Å². The lowest BCUT2D eigenvalue weighted by atomic mass is 10.1. The maximum absolute atomic E-state index is 12.3. The minimum atomic E-state index is -3.12. The Hall–Kier alpha value is -2.64. The third-order valence-electron chi connectivity index (χ3n) is 5.88. The molecule has 0 bridgehead atoms. The van der Waals surface area contributed by atoms with Crippen molar-refractivity contribution >= 4 is 49.0 Å². The van der Waals surface area contributed by atoms with Crippen LogP contribution in [0.25, 0.3) is 10.8 Å². The number of sulfone groups is 1. The van der Waals surface area contributed by atoms with Gasteiger partial charge >= 0.3 is 0 Å². The Labute approximate surface area is 186 Å². The van der Waals surface area contributed by atoms with E-state index >= 15 is 0 Å². The van der Waals surface area contributed by atoms with Gasteiger partial charge in [0.2, 0.25) is 0 Å². The van der Waals surface area contributed by atoms with Crippen LogP contribution in [0.15, 0.2) is 71.7 Å². The van der Waals surface area contributed by atoms with Gasteiger partial charge in [-0.05, 0) is 35.4 Å². The molecule has 31 heavy (non-hydrogen) atoms. The average Bonchev–Trinajstić information content (AvgIpc) is 3.23. The van der Waals surface area contributed by atoms with Crippen molar-refractivity contribution in [3.05, 3.63) is 77.9 Å². The molecule has 5 nitrogen and oxygen atoms in total. The van der Waals surface area contributed by atoms with Crippen LogP contribution in [-0.2, 0) is 15.6 Å². The van der Waals surface area contributed by atoms with Gasteiger partial charge in [0.05, 0.1) is 23.6 Å². The zero-order valence-electron chi connectivity index (χ0n) is 17.1. The number of carbonyl (C=O) groups excluding carboxylic acids is 1. The van der Waals surface area contributed by atoms with Gasteiger partial charge in [-0.3, -0.25) is 9.79 Å². The monoisotopic (exact) mass is 450 g/mol. The maximum atomic E-state index is 12.3. The lowest BCUT2D eigenvalue weighted by Crippen LogP contribution is -2.39. The number of thioether (sulfide) groups is 1. The fourth-order valence-electron chi connectivity index (χ4n) is 4.37. The molecule has 0 aliphatic carbocycles. The van der Waals surface area contributed by atoms with Crippen molar-refractivity contribution in [1.29, 1.82) is 0 Å². The summed E-state index contributed by atoms with van der Waals surface area (Å²) < 4.78 is 24.5. The van der Waals surface area contributed by atoms with Gasteiger partial charge < -0.3 is 4.90 Å². The summed E-state index contributed by atoms with van der Waals surface area (Å²) in [5, 5.41) is 3.23. The molecule has 5 rings (SSSR count). The lowest BCUT2D eigenvalue weighted by molar-refractivity contribution is 0.101. The molecule has 3 aromatic rings. The van der Waals surface area contributed by atoms with Gasteiger partial charge in [0.15, 0.2) is 20.8 Å². The number of carbonyl (C=O) groups is 1. The van der Waals surface area contributed by atoms with Crippen LogP contribution in [0.3, 0.4) is 0 Å². The number of fused-ring (bicyclic) bond motifs is 2. The second-order valence-corrected chi connectivity index (χ2v) is 11.1. The number of ketones is 1. The SMILES string of the molecule is CC(=O)c1cccc(N2C(SCc3cccc4ccccc34)=N[C@H]3CS(=O)(=O)C[C@H]32)c1. The molecule has 0 N–H and O–H groups in total. The highest BCUT2D eigenvalue weighted by Crippen LogP contribution is 2.36. The summed E-state index contributed by atoms with van der Waals surface area (Å²) in [7, 11) is -3.12. The highest BCUT2D eigenvalue weighted by atomic mass is 32.2. The third kappa shape index (κ3) is 3.88. The third-order valence-corrected chi connectivity index (χ3v) is 8.59. The number of benzene rings is 3. The zero-order chi connectivity index (χ0) is 21.6. The molecule has 0 saturated carbocycles. The Bertz CT molecular complexity index is 1310. The Morgan fingerprint density at radius 2 is 1.84 bits per heavy atom. The zero-order valence-corrected chi connectivity index (χ0v) is 18.7. The van der Waals surface area contributed by atoms with Crippen LogP contribution in [0.1, 0.15) is 22.8 Å². The van der Waals surface area contributed by atoms with Crippen LogP contribution in [0.5, 0.6) is 0 Å². The van der Waals surface area contributed by atoms with Gasteiger partial charge in [-0.1, -0.05) is 66.4 Å². The standard InChI is InChI=1S/C24H22N2O3S2/c1-16(27)18-8-5-10-20(12-18)26-23-15-31(28,29)14-22(23)25-24(26)30-13-19-9-4-7-17-6-2-3-11-21(17)19/h2-12,22-23H,13-15H2,1H3/t22-,23+/m0/s1. The first-order chi connectivity index (χ1) is 14.9. The molecular weight excluding hydrogens is 428 g/mol. The van der Waals surface area contributed by atoms with Gasteiger partial charge in [-0.15, -0.1) is 0 Å². The Kier molecular flexibility index (Phi) is 5.10. The molecule has 0 amide bonds. The van der Waals surface area contributed by atoms with Gasteiger partial charge in [0, 0.05) is 17.0 Å². The maximum Gasteiger partial charge on any atom is 0.164 e. The summed E-state index contributed by atoms with van der Waals surface area (Å²) in [6, 6.07) is 21.5. The van der Waals surface area contributed by atoms with Crippen molar-refractivity contribution in [3.8, 4) is 0 Å². The first-order valence-corrected chi connectivity index (χ1v) is 13.0. The average molecular weight is 451 g/mol. The van der Waals surface area contributed by atoms with Crippen LogP contribution in [0.2, 0.25) is 0 Å². The van der Waals surface area contributed by atoms with E-state index in [2.05, 4.69) is 30.3 Å². The molecule has 0 radical (unpaired) electrons. The molecule has 1 saturated heterocycles. The molecule has 2 heterocycles. The van der Waals surface area contributed by atoms with E-state index in [1.807, 2.05) is 35.2 Å². The summed E-state index contributed by atoms with van der Waals surface area (Å²) in [4.78, 5) is 18.8. The normalized spacial score (nSPS) is 21.8. The van der Waals surface area contributed by atoms with E-state index in [1.165, 1.54) is 23.3 Å². The number of rotatable bonds is 4. The number of hydrogen-bond donors (Lipinski definition) is 0. The number of anilines is 1. The largest absolute Gasteiger partial charge is 0.315 e. The van der Waals surface area contributed by atoms with Gasteiger partial charge in [-0.2, -0.15) is 0 Å². The van der Waals surface area contributed by atoms with Crippen molar-refractivity contribution in [3.63, 3.8) is 0 Å². The van der Waals surface area contributed by atoms with Gasteiger partial charge in [0.1, 0.15) is 0 Å². The van der Waals surface area contributed by atoms with Crippen LogP contribution >= 0.6 is 11.8 Å². The summed E-state index contributed by atoms with van der Waals surface area (Å²) >= 11 is 1.62. The van der Waals surface area contributed by atoms with Crippen LogP contribution < -0.4 is 4.90 Å². The van der Waals surface area contributed by atoms with Crippen LogP contribution in [0.4, 0.5) is 5.69 Å². The smallest absolute Gasteiger partial charge is 0.164 e. The van der Waals surface area contributed by atoms with Crippen molar-refractivity contribution in [1.82, 2.24) is 0 Å². The van der Waals surface area contributed by atoms with Crippen LogP contribution in [0, 0.1) is 0 Å². The number of Topliss-reactive ketones (excluding diaryl/α,β-unsaturated/α-hetero) is 1. The van der Waals surface area contributed by atoms with Gasteiger partial charge in [0.25, 0.3) is 0 Å². The highest BCUT2D eigenvalue weighted by molar-refractivity contribution is 8.13. The van der Waals surface area contributed by atoms with E-state index in [4.69, 9.17) is 4.99 Å². The molecule has 0 unspecified atom stereocenters. The molecule has 158 valence electrons. The Morgan fingerprint density at radius 3 is 2.68 bits per heavy atom. The fraction of sp³-hybridized carbons (Fsp3) is 0.250. The molecule has 2 atom stereocenters. The molecule has 0 spiro atoms. The lowest BCUT2D eigenvalue weighted by Gasteiger charge is -2.27. The number of hydrogen-bond acceptors (Lipinski definition) is 6. The molecule has 7 heteroatoms. The van der Waals surface area contributed by atoms with Gasteiger partial charge in [-0.25, -0.2) is 8.42 Å². The molecule has 1 fully saturated rings. The Morgan fingerprint density at radius 1 is 1.06 bits per heavy atom. The van der Waals surface area contributed by atoms with E-state index in [0.29, 0.717) is 5.56 Å². The summed E-state index contributed by atoms with van der Waals surface area (Å²) in [5.41, 5.74) is 2.65. The molecular formula is C24H22N2O3S2. The summed E-state index contributed by atoms with van der Waals surface area (Å²) in [6.45, 7) is 1.54. The van der Waals surface area contributed by atoms with E-state index < -0.39 is 9.84 Å². The molecule has 2 aliphatic rings. The fourth-order valence-corrected chi connectivity index (χ4v) is 7.34. The second kappa shape index (κ2) is 7.80. The molecule has 2 aliphatic heterocycles. The van der Waals surface area contributed by atoms with E-state index in [0.717, 1.165) is 16.6 Å². The van der Waals surface area contributed by atoms with Crippen molar-refractivity contribution in [2.45, 2.75) is 24.8 Å².